The quantitative estimate of drug-likeness (QED) is 0.341. The molecule has 0 aromatic heterocycles. The lowest BCUT2D eigenvalue weighted by atomic mass is 10.1. The Bertz CT molecular complexity index is 811. The average molecular weight is 528 g/mol. The number of aromatic hydroxyl groups is 1. The maximum absolute atomic E-state index is 13.2. The first-order valence-electron chi connectivity index (χ1n) is 9.96. The number of nitrogens with zero attached hydrogens (tertiary/aromatic N) is 3. The lowest BCUT2D eigenvalue weighted by molar-refractivity contribution is 0.110. The van der Waals surface area contributed by atoms with Crippen LogP contribution in [0.1, 0.15) is 18.6 Å². The Kier molecular flexibility index (Phi) is 9.64. The molecular formula is C22H30FIN4O2. The van der Waals surface area contributed by atoms with E-state index in [1.807, 2.05) is 25.1 Å². The minimum absolute atomic E-state index is 0. The topological polar surface area (TPSA) is 60.3 Å². The van der Waals surface area contributed by atoms with Crippen molar-refractivity contribution in [3.8, 4) is 5.75 Å². The largest absolute Gasteiger partial charge is 0.506 e. The highest BCUT2D eigenvalue weighted by Gasteiger charge is 2.21. The van der Waals surface area contributed by atoms with Gasteiger partial charge in [-0.2, -0.15) is 0 Å². The van der Waals surface area contributed by atoms with Crippen molar-refractivity contribution in [1.82, 2.24) is 10.2 Å². The maximum atomic E-state index is 13.2. The van der Waals surface area contributed by atoms with Gasteiger partial charge in [0.1, 0.15) is 17.7 Å². The summed E-state index contributed by atoms with van der Waals surface area (Å²) in [7, 11) is 1.64. The van der Waals surface area contributed by atoms with Crippen LogP contribution in [0.4, 0.5) is 10.1 Å². The molecule has 0 bridgehead atoms. The maximum Gasteiger partial charge on any atom is 0.194 e. The van der Waals surface area contributed by atoms with Crippen LogP contribution in [0.15, 0.2) is 53.5 Å². The van der Waals surface area contributed by atoms with Crippen LogP contribution in [-0.2, 0) is 4.74 Å². The van der Waals surface area contributed by atoms with E-state index in [0.29, 0.717) is 12.3 Å². The fourth-order valence-corrected chi connectivity index (χ4v) is 3.48. The van der Waals surface area contributed by atoms with Crippen LogP contribution >= 0.6 is 24.0 Å². The average Bonchev–Trinajstić information content (AvgIpc) is 2.75. The van der Waals surface area contributed by atoms with E-state index in [4.69, 9.17) is 9.73 Å². The molecule has 1 saturated heterocycles. The van der Waals surface area contributed by atoms with Gasteiger partial charge in [-0.25, -0.2) is 4.39 Å². The van der Waals surface area contributed by atoms with Crippen molar-refractivity contribution in [1.29, 1.82) is 0 Å². The number of para-hydroxylation sites is 2. The van der Waals surface area contributed by atoms with Gasteiger partial charge in [-0.05, 0) is 36.8 Å². The van der Waals surface area contributed by atoms with Gasteiger partial charge < -0.3 is 25.0 Å². The van der Waals surface area contributed by atoms with E-state index >= 15 is 0 Å². The van der Waals surface area contributed by atoms with Gasteiger partial charge in [0.2, 0.25) is 0 Å². The smallest absolute Gasteiger partial charge is 0.194 e. The normalized spacial score (nSPS) is 15.5. The number of hydrogen-bond donors (Lipinski definition) is 2. The molecular weight excluding hydrogens is 498 g/mol. The number of guanidine groups is 1. The molecule has 1 fully saturated rings. The number of nitrogens with one attached hydrogen (secondary N) is 1. The second-order valence-electron chi connectivity index (χ2n) is 6.93. The summed E-state index contributed by atoms with van der Waals surface area (Å²) >= 11 is 0. The van der Waals surface area contributed by atoms with E-state index in [1.54, 1.807) is 25.3 Å². The summed E-state index contributed by atoms with van der Waals surface area (Å²) in [5.74, 6) is 0.889. The molecule has 1 unspecified atom stereocenters. The summed E-state index contributed by atoms with van der Waals surface area (Å²) < 4.78 is 18.8. The van der Waals surface area contributed by atoms with Crippen molar-refractivity contribution in [2.75, 3.05) is 51.3 Å². The predicted octanol–water partition coefficient (Wildman–Crippen LogP) is 3.62. The summed E-state index contributed by atoms with van der Waals surface area (Å²) in [4.78, 5) is 9.17. The third-order valence-electron chi connectivity index (χ3n) is 5.07. The number of hydrogen-bond acceptors (Lipinski definition) is 4. The number of piperazine rings is 1. The molecule has 0 amide bonds. The molecule has 6 nitrogen and oxygen atoms in total. The number of benzene rings is 2. The summed E-state index contributed by atoms with van der Waals surface area (Å²) in [6.07, 6.45) is -0.230. The zero-order chi connectivity index (χ0) is 20.6. The van der Waals surface area contributed by atoms with Crippen LogP contribution in [0.5, 0.6) is 5.75 Å². The molecule has 0 saturated carbocycles. The Balaban J connectivity index is 0.00000320. The van der Waals surface area contributed by atoms with Crippen LogP contribution < -0.4 is 10.2 Å². The van der Waals surface area contributed by atoms with Crippen molar-refractivity contribution in [3.05, 3.63) is 59.9 Å². The van der Waals surface area contributed by atoms with Crippen molar-refractivity contribution in [2.45, 2.75) is 13.0 Å². The van der Waals surface area contributed by atoms with Crippen molar-refractivity contribution < 1.29 is 14.2 Å². The number of ether oxygens (including phenoxy) is 1. The minimum Gasteiger partial charge on any atom is -0.506 e. The zero-order valence-corrected chi connectivity index (χ0v) is 19.8. The van der Waals surface area contributed by atoms with Gasteiger partial charge in [0.15, 0.2) is 5.96 Å². The number of phenolic OH excluding ortho intramolecular Hbond substituents is 1. The van der Waals surface area contributed by atoms with Gasteiger partial charge in [-0.3, -0.25) is 4.99 Å². The molecule has 164 valence electrons. The van der Waals surface area contributed by atoms with Gasteiger partial charge in [0, 0.05) is 39.8 Å². The molecule has 0 aliphatic carbocycles. The fraction of sp³-hybridized carbons (Fsp3) is 0.409. The van der Waals surface area contributed by atoms with E-state index in [9.17, 15) is 9.50 Å². The first-order chi connectivity index (χ1) is 14.1. The van der Waals surface area contributed by atoms with E-state index < -0.39 is 0 Å². The first kappa shape index (κ1) is 24.2. The number of methoxy groups -OCH3 is 1. The van der Waals surface area contributed by atoms with Gasteiger partial charge in [0.05, 0.1) is 12.2 Å². The molecule has 2 N–H and O–H groups in total. The summed E-state index contributed by atoms with van der Waals surface area (Å²) in [5.41, 5.74) is 1.77. The molecule has 30 heavy (non-hydrogen) atoms. The Labute approximate surface area is 194 Å². The summed E-state index contributed by atoms with van der Waals surface area (Å²) in [5, 5.41) is 13.4. The van der Waals surface area contributed by atoms with Gasteiger partial charge in [0.25, 0.3) is 0 Å². The number of phenols is 1. The second-order valence-corrected chi connectivity index (χ2v) is 6.93. The lowest BCUT2D eigenvalue weighted by Gasteiger charge is -2.38. The van der Waals surface area contributed by atoms with Gasteiger partial charge in [-0.1, -0.05) is 24.3 Å². The van der Waals surface area contributed by atoms with Crippen LogP contribution in [0.2, 0.25) is 0 Å². The highest BCUT2D eigenvalue weighted by Crippen LogP contribution is 2.27. The van der Waals surface area contributed by atoms with Crippen molar-refractivity contribution in [2.24, 2.45) is 4.99 Å². The van der Waals surface area contributed by atoms with Crippen LogP contribution in [0, 0.1) is 5.82 Å². The molecule has 1 atom stereocenters. The zero-order valence-electron chi connectivity index (χ0n) is 17.4. The molecule has 1 aliphatic heterocycles. The number of halogens is 2. The van der Waals surface area contributed by atoms with Crippen molar-refractivity contribution >= 4 is 35.6 Å². The molecule has 1 heterocycles. The first-order valence-corrected chi connectivity index (χ1v) is 9.96. The van der Waals surface area contributed by atoms with E-state index in [0.717, 1.165) is 49.9 Å². The Morgan fingerprint density at radius 1 is 1.13 bits per heavy atom. The molecule has 2 aromatic carbocycles. The third-order valence-corrected chi connectivity index (χ3v) is 5.07. The summed E-state index contributed by atoms with van der Waals surface area (Å²) in [6.45, 7) is 6.46. The molecule has 8 heteroatoms. The third kappa shape index (κ3) is 6.21. The monoisotopic (exact) mass is 528 g/mol. The molecule has 3 rings (SSSR count). The number of anilines is 1. The van der Waals surface area contributed by atoms with E-state index in [-0.39, 0.29) is 35.9 Å². The SMILES string of the molecule is CCNC(=NCC(OC)c1ccc(F)cc1)N1CCN(c2ccccc2O)CC1.I. The molecule has 1 aliphatic rings. The molecule has 2 aromatic rings. The van der Waals surface area contributed by atoms with Crippen LogP contribution in [-0.4, -0.2) is 62.3 Å². The predicted molar refractivity (Wildman–Crippen MR) is 129 cm³/mol. The highest BCUT2D eigenvalue weighted by atomic mass is 127. The minimum atomic E-state index is -0.261. The lowest BCUT2D eigenvalue weighted by Crippen LogP contribution is -2.52. The fourth-order valence-electron chi connectivity index (χ4n) is 3.48. The van der Waals surface area contributed by atoms with Crippen molar-refractivity contribution in [3.63, 3.8) is 0 Å². The van der Waals surface area contributed by atoms with Crippen LogP contribution in [0.25, 0.3) is 0 Å². The van der Waals surface area contributed by atoms with Gasteiger partial charge >= 0.3 is 0 Å². The Hall–Kier alpha value is -2.07. The Morgan fingerprint density at radius 2 is 1.80 bits per heavy atom. The van der Waals surface area contributed by atoms with E-state index in [2.05, 4.69) is 15.1 Å². The second kappa shape index (κ2) is 11.9. The molecule has 0 radical (unpaired) electrons. The number of aliphatic imine (C=N–C) groups is 1. The Morgan fingerprint density at radius 3 is 2.40 bits per heavy atom. The highest BCUT2D eigenvalue weighted by molar-refractivity contribution is 14.0. The van der Waals surface area contributed by atoms with E-state index in [1.165, 1.54) is 12.1 Å². The van der Waals surface area contributed by atoms with Crippen LogP contribution in [0.3, 0.4) is 0 Å². The number of rotatable bonds is 6. The standard InChI is InChI=1S/C22H29FN4O2.HI/c1-3-24-22(25-16-21(29-2)17-8-10-18(23)11-9-17)27-14-12-26(13-15-27)19-6-4-5-7-20(19)28;/h4-11,21,28H,3,12-16H2,1-2H3,(H,24,25);1H. The summed E-state index contributed by atoms with van der Waals surface area (Å²) in [6, 6.07) is 13.8. The molecule has 0 spiro atoms. The van der Waals surface area contributed by atoms with Gasteiger partial charge in [-0.15, -0.1) is 24.0 Å².